The summed E-state index contributed by atoms with van der Waals surface area (Å²) in [5.41, 5.74) is 1.91. The molecule has 190 valence electrons. The summed E-state index contributed by atoms with van der Waals surface area (Å²) in [7, 11) is 0. The fraction of sp³-hybridized carbons (Fsp3) is 0.517. The van der Waals surface area contributed by atoms with Crippen LogP contribution in [0.15, 0.2) is 52.9 Å². The molecule has 0 radical (unpaired) electrons. The van der Waals surface area contributed by atoms with Crippen LogP contribution in [0.4, 0.5) is 6.01 Å². The molecule has 0 saturated heterocycles. The monoisotopic (exact) mass is 480 g/mol. The Kier molecular flexibility index (Phi) is 11.4. The molecule has 3 aromatic rings. The van der Waals surface area contributed by atoms with E-state index < -0.39 is 5.97 Å². The highest BCUT2D eigenvalue weighted by Gasteiger charge is 2.14. The van der Waals surface area contributed by atoms with E-state index in [9.17, 15) is 4.79 Å². The van der Waals surface area contributed by atoms with Crippen LogP contribution < -0.4 is 9.64 Å². The number of unbranched alkanes of at least 4 members (excludes halogenated alkanes) is 9. The minimum absolute atomic E-state index is 0.233. The Morgan fingerprint density at radius 2 is 1.57 bits per heavy atom. The van der Waals surface area contributed by atoms with E-state index in [1.165, 1.54) is 57.8 Å². The van der Waals surface area contributed by atoms with Crippen LogP contribution in [-0.4, -0.2) is 35.8 Å². The third-order valence-electron chi connectivity index (χ3n) is 6.26. The maximum Gasteiger partial charge on any atom is 0.335 e. The van der Waals surface area contributed by atoms with E-state index in [1.54, 1.807) is 24.3 Å². The average molecular weight is 481 g/mol. The van der Waals surface area contributed by atoms with Crippen LogP contribution in [0.1, 0.15) is 87.9 Å². The second-order valence-electron chi connectivity index (χ2n) is 9.17. The number of carboxylic acids is 1. The molecule has 35 heavy (non-hydrogen) atoms. The molecule has 1 heterocycles. The summed E-state index contributed by atoms with van der Waals surface area (Å²) in [6.07, 6.45) is 13.8. The van der Waals surface area contributed by atoms with E-state index in [-0.39, 0.29) is 5.56 Å². The molecule has 0 saturated carbocycles. The largest absolute Gasteiger partial charge is 0.494 e. The Bertz CT molecular complexity index is 984. The van der Waals surface area contributed by atoms with Gasteiger partial charge in [-0.05, 0) is 43.2 Å². The number of para-hydroxylation sites is 2. The van der Waals surface area contributed by atoms with Gasteiger partial charge in [-0.3, -0.25) is 0 Å². The molecule has 3 rings (SSSR count). The quantitative estimate of drug-likeness (QED) is 0.188. The van der Waals surface area contributed by atoms with Gasteiger partial charge in [0.2, 0.25) is 0 Å². The zero-order valence-corrected chi connectivity index (χ0v) is 21.1. The molecule has 1 aromatic heterocycles. The number of aromatic carboxylic acids is 1. The number of hydrogen-bond acceptors (Lipinski definition) is 5. The number of anilines is 1. The first-order valence-electron chi connectivity index (χ1n) is 13.2. The second-order valence-corrected chi connectivity index (χ2v) is 9.17. The molecule has 0 bridgehead atoms. The molecule has 0 unspecified atom stereocenters. The van der Waals surface area contributed by atoms with Crippen molar-refractivity contribution in [2.24, 2.45) is 0 Å². The summed E-state index contributed by atoms with van der Waals surface area (Å²) in [4.78, 5) is 18.1. The summed E-state index contributed by atoms with van der Waals surface area (Å²) in [5.74, 6) is -0.373. The number of carboxylic acid groups (broad SMARTS) is 1. The zero-order chi connectivity index (χ0) is 24.7. The summed E-state index contributed by atoms with van der Waals surface area (Å²) in [6.45, 7) is 4.43. The minimum Gasteiger partial charge on any atom is -0.494 e. The highest BCUT2D eigenvalue weighted by atomic mass is 16.5. The zero-order valence-electron chi connectivity index (χ0n) is 21.1. The van der Waals surface area contributed by atoms with Crippen molar-refractivity contribution in [1.82, 2.24) is 4.98 Å². The number of carbonyl (C=O) groups is 1. The fourth-order valence-electron chi connectivity index (χ4n) is 4.25. The standard InChI is InChI=1S/C29H40N2O4/c1-2-3-4-5-6-7-8-9-10-13-20-31(29-30-26-18-11-12-19-27(26)35-29)21-15-22-34-25-17-14-16-24(23-25)28(32)33/h11-12,14,16-19,23H,2-10,13,15,20-22H2,1H3,(H,32,33). The van der Waals surface area contributed by atoms with Gasteiger partial charge in [0.25, 0.3) is 6.01 Å². The molecule has 0 amide bonds. The van der Waals surface area contributed by atoms with Crippen molar-refractivity contribution in [3.05, 3.63) is 54.1 Å². The van der Waals surface area contributed by atoms with Crippen molar-refractivity contribution in [2.45, 2.75) is 77.6 Å². The van der Waals surface area contributed by atoms with Crippen LogP contribution >= 0.6 is 0 Å². The van der Waals surface area contributed by atoms with Crippen LogP contribution in [-0.2, 0) is 0 Å². The molecular formula is C29H40N2O4. The van der Waals surface area contributed by atoms with E-state index in [2.05, 4.69) is 11.8 Å². The second kappa shape index (κ2) is 15.1. The highest BCUT2D eigenvalue weighted by Crippen LogP contribution is 2.23. The topological polar surface area (TPSA) is 75.8 Å². The van der Waals surface area contributed by atoms with Crippen molar-refractivity contribution >= 4 is 23.1 Å². The van der Waals surface area contributed by atoms with Gasteiger partial charge in [-0.25, -0.2) is 4.79 Å². The number of rotatable bonds is 18. The molecule has 6 nitrogen and oxygen atoms in total. The lowest BCUT2D eigenvalue weighted by atomic mass is 10.1. The van der Waals surface area contributed by atoms with Crippen LogP contribution in [0.2, 0.25) is 0 Å². The van der Waals surface area contributed by atoms with E-state index in [0.717, 1.165) is 37.0 Å². The van der Waals surface area contributed by atoms with Crippen LogP contribution in [0.3, 0.4) is 0 Å². The third-order valence-corrected chi connectivity index (χ3v) is 6.26. The predicted octanol–water partition coefficient (Wildman–Crippen LogP) is 7.72. The van der Waals surface area contributed by atoms with Gasteiger partial charge >= 0.3 is 5.97 Å². The number of aromatic nitrogens is 1. The normalized spacial score (nSPS) is 11.1. The Balaban J connectivity index is 1.44. The smallest absolute Gasteiger partial charge is 0.335 e. The summed E-state index contributed by atoms with van der Waals surface area (Å²) in [5, 5.41) is 9.15. The Labute approximate surface area is 209 Å². The number of fused-ring (bicyclic) bond motifs is 1. The first-order valence-corrected chi connectivity index (χ1v) is 13.2. The van der Waals surface area contributed by atoms with Crippen molar-refractivity contribution in [2.75, 3.05) is 24.6 Å². The molecule has 0 aliphatic heterocycles. The van der Waals surface area contributed by atoms with E-state index >= 15 is 0 Å². The van der Waals surface area contributed by atoms with Gasteiger partial charge in [0, 0.05) is 13.1 Å². The molecule has 1 N–H and O–H groups in total. The molecule has 0 spiro atoms. The molecule has 0 atom stereocenters. The Morgan fingerprint density at radius 1 is 0.886 bits per heavy atom. The number of oxazole rings is 1. The lowest BCUT2D eigenvalue weighted by molar-refractivity contribution is 0.0696. The van der Waals surface area contributed by atoms with Crippen molar-refractivity contribution in [1.29, 1.82) is 0 Å². The molecule has 0 aliphatic carbocycles. The number of hydrogen-bond donors (Lipinski definition) is 1. The van der Waals surface area contributed by atoms with Crippen LogP contribution in [0.5, 0.6) is 5.75 Å². The predicted molar refractivity (Wildman–Crippen MR) is 142 cm³/mol. The molecule has 2 aromatic carbocycles. The van der Waals surface area contributed by atoms with Crippen LogP contribution in [0.25, 0.3) is 11.1 Å². The van der Waals surface area contributed by atoms with Gasteiger partial charge in [0.05, 0.1) is 12.2 Å². The average Bonchev–Trinajstić information content (AvgIpc) is 3.30. The van der Waals surface area contributed by atoms with Gasteiger partial charge in [0.1, 0.15) is 11.3 Å². The highest BCUT2D eigenvalue weighted by molar-refractivity contribution is 5.88. The van der Waals surface area contributed by atoms with Gasteiger partial charge < -0.3 is 19.2 Å². The van der Waals surface area contributed by atoms with Crippen molar-refractivity contribution in [3.63, 3.8) is 0 Å². The van der Waals surface area contributed by atoms with E-state index in [4.69, 9.17) is 19.2 Å². The molecule has 0 fully saturated rings. The maximum atomic E-state index is 11.2. The maximum absolute atomic E-state index is 11.2. The SMILES string of the molecule is CCCCCCCCCCCCN(CCCOc1cccc(C(=O)O)c1)c1nc2ccccc2o1. The Hall–Kier alpha value is -3.02. The van der Waals surface area contributed by atoms with Crippen molar-refractivity contribution < 1.29 is 19.1 Å². The first kappa shape index (κ1) is 26.6. The third kappa shape index (κ3) is 9.27. The number of benzene rings is 2. The molecular weight excluding hydrogens is 440 g/mol. The lowest BCUT2D eigenvalue weighted by Gasteiger charge is -2.20. The number of nitrogens with zero attached hydrogens (tertiary/aromatic N) is 2. The number of ether oxygens (including phenoxy) is 1. The first-order chi connectivity index (χ1) is 17.2. The minimum atomic E-state index is -0.950. The van der Waals surface area contributed by atoms with E-state index in [0.29, 0.717) is 18.4 Å². The van der Waals surface area contributed by atoms with Gasteiger partial charge in [0.15, 0.2) is 5.58 Å². The van der Waals surface area contributed by atoms with Gasteiger partial charge in [-0.15, -0.1) is 0 Å². The summed E-state index contributed by atoms with van der Waals surface area (Å²) in [6, 6.07) is 15.1. The molecule has 0 aliphatic rings. The fourth-order valence-corrected chi connectivity index (χ4v) is 4.25. The Morgan fingerprint density at radius 3 is 2.29 bits per heavy atom. The summed E-state index contributed by atoms with van der Waals surface area (Å²) >= 11 is 0. The van der Waals surface area contributed by atoms with E-state index in [1.807, 2.05) is 24.3 Å². The summed E-state index contributed by atoms with van der Waals surface area (Å²) < 4.78 is 11.8. The van der Waals surface area contributed by atoms with Crippen molar-refractivity contribution in [3.8, 4) is 5.75 Å². The van der Waals surface area contributed by atoms with Gasteiger partial charge in [-0.2, -0.15) is 4.98 Å². The van der Waals surface area contributed by atoms with Crippen LogP contribution in [0, 0.1) is 0 Å². The lowest BCUT2D eigenvalue weighted by Crippen LogP contribution is -2.27. The molecule has 6 heteroatoms. The van der Waals surface area contributed by atoms with Gasteiger partial charge in [-0.1, -0.05) is 82.9 Å².